The number of hydrogen-bond donors (Lipinski definition) is 0. The van der Waals surface area contributed by atoms with Crippen LogP contribution in [0.1, 0.15) is 6.92 Å². The van der Waals surface area contributed by atoms with Gasteiger partial charge >= 0.3 is 0 Å². The minimum Gasteiger partial charge on any atom is -0.495 e. The highest BCUT2D eigenvalue weighted by molar-refractivity contribution is 7.89. The van der Waals surface area contributed by atoms with Crippen molar-refractivity contribution in [1.29, 1.82) is 0 Å². The summed E-state index contributed by atoms with van der Waals surface area (Å²) in [5, 5.41) is 0. The van der Waals surface area contributed by atoms with Crippen LogP contribution < -0.4 is 4.74 Å². The van der Waals surface area contributed by atoms with Crippen molar-refractivity contribution in [3.8, 4) is 5.75 Å². The molecule has 100 valence electrons. The van der Waals surface area contributed by atoms with E-state index < -0.39 is 10.0 Å². The Morgan fingerprint density at radius 1 is 1.39 bits per heavy atom. The van der Waals surface area contributed by atoms with Gasteiger partial charge in [-0.05, 0) is 19.1 Å². The van der Waals surface area contributed by atoms with Gasteiger partial charge in [0.1, 0.15) is 10.6 Å². The topological polar surface area (TPSA) is 55.8 Å². The molecule has 0 radical (unpaired) electrons. The number of morpholine rings is 1. The molecule has 1 atom stereocenters. The fraction of sp³-hybridized carbons (Fsp3) is 0.500. The lowest BCUT2D eigenvalue weighted by Gasteiger charge is -2.30. The van der Waals surface area contributed by atoms with Gasteiger partial charge in [-0.15, -0.1) is 0 Å². The Kier molecular flexibility index (Phi) is 3.89. The number of rotatable bonds is 3. The molecule has 5 nitrogen and oxygen atoms in total. The average molecular weight is 271 g/mol. The van der Waals surface area contributed by atoms with E-state index in [1.807, 2.05) is 6.92 Å². The zero-order valence-corrected chi connectivity index (χ0v) is 11.3. The molecule has 1 aromatic carbocycles. The molecule has 1 fully saturated rings. The molecule has 1 aromatic rings. The minimum absolute atomic E-state index is 0.0803. The van der Waals surface area contributed by atoms with Crippen LogP contribution in [-0.4, -0.2) is 45.6 Å². The third kappa shape index (κ3) is 2.50. The summed E-state index contributed by atoms with van der Waals surface area (Å²) < 4.78 is 36.9. The summed E-state index contributed by atoms with van der Waals surface area (Å²) in [5.41, 5.74) is 0. The van der Waals surface area contributed by atoms with Crippen molar-refractivity contribution in [2.45, 2.75) is 17.9 Å². The van der Waals surface area contributed by atoms with E-state index in [4.69, 9.17) is 9.47 Å². The van der Waals surface area contributed by atoms with Gasteiger partial charge in [0.25, 0.3) is 0 Å². The largest absolute Gasteiger partial charge is 0.495 e. The van der Waals surface area contributed by atoms with Crippen molar-refractivity contribution in [3.05, 3.63) is 24.3 Å². The maximum absolute atomic E-state index is 12.5. The smallest absolute Gasteiger partial charge is 0.246 e. The Morgan fingerprint density at radius 2 is 2.11 bits per heavy atom. The van der Waals surface area contributed by atoms with Crippen molar-refractivity contribution in [2.75, 3.05) is 26.8 Å². The van der Waals surface area contributed by atoms with Crippen LogP contribution >= 0.6 is 0 Å². The molecular formula is C12H17NO4S. The first-order valence-electron chi connectivity index (χ1n) is 5.80. The van der Waals surface area contributed by atoms with Crippen molar-refractivity contribution >= 4 is 10.0 Å². The molecular weight excluding hydrogens is 254 g/mol. The molecule has 0 N–H and O–H groups in total. The Labute approximate surface area is 107 Å². The van der Waals surface area contributed by atoms with Gasteiger partial charge in [-0.3, -0.25) is 0 Å². The summed E-state index contributed by atoms with van der Waals surface area (Å²) in [7, 11) is -2.04. The molecule has 1 aliphatic rings. The highest BCUT2D eigenvalue weighted by Gasteiger charge is 2.31. The molecule has 1 heterocycles. The SMILES string of the molecule is COc1ccccc1S(=O)(=O)N1CCOC(C)C1. The van der Waals surface area contributed by atoms with Crippen LogP contribution in [0.3, 0.4) is 0 Å². The second-order valence-electron chi connectivity index (χ2n) is 4.20. The maximum atomic E-state index is 12.5. The van der Waals surface area contributed by atoms with Crippen molar-refractivity contribution < 1.29 is 17.9 Å². The third-order valence-corrected chi connectivity index (χ3v) is 4.80. The molecule has 0 spiro atoms. The Morgan fingerprint density at radius 3 is 2.78 bits per heavy atom. The normalized spacial score (nSPS) is 21.8. The number of para-hydroxylation sites is 1. The molecule has 0 aromatic heterocycles. The van der Waals surface area contributed by atoms with Crippen LogP contribution in [0.4, 0.5) is 0 Å². The van der Waals surface area contributed by atoms with Gasteiger partial charge in [0.05, 0.1) is 19.8 Å². The van der Waals surface area contributed by atoms with Gasteiger partial charge in [-0.2, -0.15) is 4.31 Å². The lowest BCUT2D eigenvalue weighted by Crippen LogP contribution is -2.44. The molecule has 6 heteroatoms. The first-order chi connectivity index (χ1) is 8.55. The van der Waals surface area contributed by atoms with E-state index >= 15 is 0 Å². The van der Waals surface area contributed by atoms with E-state index in [-0.39, 0.29) is 11.0 Å². The van der Waals surface area contributed by atoms with Gasteiger partial charge < -0.3 is 9.47 Å². The molecule has 1 unspecified atom stereocenters. The van der Waals surface area contributed by atoms with E-state index in [2.05, 4.69) is 0 Å². The molecule has 0 aliphatic carbocycles. The summed E-state index contributed by atoms with van der Waals surface area (Å²) in [6, 6.07) is 6.66. The molecule has 0 bridgehead atoms. The van der Waals surface area contributed by atoms with E-state index in [9.17, 15) is 8.42 Å². The molecule has 0 amide bonds. The van der Waals surface area contributed by atoms with E-state index in [1.54, 1.807) is 24.3 Å². The summed E-state index contributed by atoms with van der Waals surface area (Å²) in [5.74, 6) is 0.372. The van der Waals surface area contributed by atoms with Crippen molar-refractivity contribution in [2.24, 2.45) is 0 Å². The standard InChI is InChI=1S/C12H17NO4S/c1-10-9-13(7-8-17-10)18(14,15)12-6-4-3-5-11(12)16-2/h3-6,10H,7-9H2,1-2H3. The molecule has 2 rings (SSSR count). The Hall–Kier alpha value is -1.11. The third-order valence-electron chi connectivity index (χ3n) is 2.89. The fourth-order valence-corrected chi connectivity index (χ4v) is 3.63. The quantitative estimate of drug-likeness (QED) is 0.826. The minimum atomic E-state index is -3.51. The van der Waals surface area contributed by atoms with Gasteiger partial charge in [0, 0.05) is 13.1 Å². The summed E-state index contributed by atoms with van der Waals surface area (Å²) in [6.45, 7) is 3.05. The molecule has 1 aliphatic heterocycles. The number of benzene rings is 1. The predicted molar refractivity (Wildman–Crippen MR) is 67.2 cm³/mol. The van der Waals surface area contributed by atoms with Gasteiger partial charge in [0.2, 0.25) is 10.0 Å². The summed E-state index contributed by atoms with van der Waals surface area (Å²) in [4.78, 5) is 0.210. The second kappa shape index (κ2) is 5.26. The molecule has 18 heavy (non-hydrogen) atoms. The average Bonchev–Trinajstić information content (AvgIpc) is 2.38. The van der Waals surface area contributed by atoms with Crippen molar-refractivity contribution in [1.82, 2.24) is 4.31 Å². The summed E-state index contributed by atoms with van der Waals surface area (Å²) >= 11 is 0. The van der Waals surface area contributed by atoms with Crippen LogP contribution in [0.15, 0.2) is 29.2 Å². The van der Waals surface area contributed by atoms with E-state index in [0.717, 1.165) is 0 Å². The highest BCUT2D eigenvalue weighted by atomic mass is 32.2. The maximum Gasteiger partial charge on any atom is 0.246 e. The first-order valence-corrected chi connectivity index (χ1v) is 7.24. The fourth-order valence-electron chi connectivity index (χ4n) is 1.98. The number of hydrogen-bond acceptors (Lipinski definition) is 4. The van der Waals surface area contributed by atoms with Gasteiger partial charge in [0.15, 0.2) is 0 Å². The van der Waals surface area contributed by atoms with Crippen LogP contribution in [-0.2, 0) is 14.8 Å². The van der Waals surface area contributed by atoms with Crippen LogP contribution in [0, 0.1) is 0 Å². The molecule has 1 saturated heterocycles. The number of sulfonamides is 1. The lowest BCUT2D eigenvalue weighted by molar-refractivity contribution is 0.0101. The van der Waals surface area contributed by atoms with Crippen molar-refractivity contribution in [3.63, 3.8) is 0 Å². The zero-order valence-electron chi connectivity index (χ0n) is 10.5. The molecule has 0 saturated carbocycles. The highest BCUT2D eigenvalue weighted by Crippen LogP contribution is 2.27. The number of ether oxygens (including phenoxy) is 2. The van der Waals surface area contributed by atoms with Crippen LogP contribution in [0.5, 0.6) is 5.75 Å². The Bertz CT molecular complexity index is 515. The van der Waals surface area contributed by atoms with Gasteiger partial charge in [-0.25, -0.2) is 8.42 Å². The first kappa shape index (κ1) is 13.3. The lowest BCUT2D eigenvalue weighted by atomic mass is 10.3. The van der Waals surface area contributed by atoms with Crippen LogP contribution in [0.25, 0.3) is 0 Å². The monoisotopic (exact) mass is 271 g/mol. The van der Waals surface area contributed by atoms with Crippen LogP contribution in [0.2, 0.25) is 0 Å². The predicted octanol–water partition coefficient (Wildman–Crippen LogP) is 1.10. The number of nitrogens with zero attached hydrogens (tertiary/aromatic N) is 1. The summed E-state index contributed by atoms with van der Waals surface area (Å²) in [6.07, 6.45) is -0.0803. The Balaban J connectivity index is 2.35. The van der Waals surface area contributed by atoms with E-state index in [0.29, 0.717) is 25.4 Å². The van der Waals surface area contributed by atoms with E-state index in [1.165, 1.54) is 11.4 Å². The van der Waals surface area contributed by atoms with Gasteiger partial charge in [-0.1, -0.05) is 12.1 Å². The number of methoxy groups -OCH3 is 1. The second-order valence-corrected chi connectivity index (χ2v) is 6.10. The zero-order chi connectivity index (χ0) is 13.2.